The van der Waals surface area contributed by atoms with Crippen LogP contribution in [0.25, 0.3) is 19.4 Å². The average molecular weight is 614 g/mol. The molecule has 30 heavy (non-hydrogen) atoms. The molecule has 146 valence electrons. The van der Waals surface area contributed by atoms with Crippen LogP contribution in [0.5, 0.6) is 0 Å². The molecule has 4 aromatic carbocycles. The van der Waals surface area contributed by atoms with Crippen LogP contribution in [-0.4, -0.2) is 34.1 Å². The van der Waals surface area contributed by atoms with Gasteiger partial charge in [-0.2, -0.15) is 0 Å². The molecule has 0 radical (unpaired) electrons. The van der Waals surface area contributed by atoms with Crippen LogP contribution in [-0.2, 0) is 0 Å². The average Bonchev–Trinajstić information content (AvgIpc) is 2.83. The first-order valence-electron chi connectivity index (χ1n) is 9.87. The molecule has 0 nitrogen and oxygen atoms in total. The summed E-state index contributed by atoms with van der Waals surface area (Å²) in [5, 5.41) is 0. The predicted octanol–water partition coefficient (Wildman–Crippen LogP) is 6.71. The van der Waals surface area contributed by atoms with E-state index in [1.807, 2.05) is 0 Å². The molecular formula is C28H22Te2. The molecule has 0 aromatic heterocycles. The number of hydrogen-bond acceptors (Lipinski definition) is 0. The van der Waals surface area contributed by atoms with Crippen molar-refractivity contribution in [1.29, 1.82) is 0 Å². The van der Waals surface area contributed by atoms with E-state index in [9.17, 15) is 0 Å². The first-order valence-corrected chi connectivity index (χ1v) is 19.5. The number of benzene rings is 4. The molecule has 0 saturated heterocycles. The second-order valence-electron chi connectivity index (χ2n) is 6.74. The molecule has 0 aliphatic heterocycles. The maximum atomic E-state index is 2.41. The Balaban J connectivity index is 1.66. The van der Waals surface area contributed by atoms with Gasteiger partial charge in [0.25, 0.3) is 0 Å². The van der Waals surface area contributed by atoms with Crippen LogP contribution in [0.15, 0.2) is 121 Å². The Kier molecular flexibility index (Phi) is 8.02. The Labute approximate surface area is 195 Å². The van der Waals surface area contributed by atoms with Crippen LogP contribution in [0, 0.1) is 0 Å². The summed E-state index contributed by atoms with van der Waals surface area (Å²) in [4.78, 5) is 0. The fraction of sp³-hybridized carbons (Fsp3) is 0. The topological polar surface area (TPSA) is 0 Å². The van der Waals surface area contributed by atoms with Crippen molar-refractivity contribution in [3.8, 4) is 0 Å². The van der Waals surface area contributed by atoms with Gasteiger partial charge in [-0.05, 0) is 0 Å². The second kappa shape index (κ2) is 11.4. The molecule has 0 amide bonds. The van der Waals surface area contributed by atoms with Crippen LogP contribution >= 0.6 is 0 Å². The molecule has 4 rings (SSSR count). The molecule has 0 N–H and O–H groups in total. The number of rotatable bonds is 7. The first-order chi connectivity index (χ1) is 14.9. The first kappa shape index (κ1) is 21.2. The van der Waals surface area contributed by atoms with E-state index >= 15 is 0 Å². The molecule has 0 saturated carbocycles. The van der Waals surface area contributed by atoms with E-state index in [1.54, 1.807) is 7.24 Å². The standard InChI is InChI=1S/C28H22Te2/c1-5-13-23(14-6-1)21-27(25-17-9-3-10-18-25)29-30-28(26-19-11-4-12-20-26)22-24-15-7-2-8-16-24/h1-22H/b27-21+,28-22+. The van der Waals surface area contributed by atoms with E-state index in [2.05, 4.69) is 133 Å². The molecular weight excluding hydrogens is 592 g/mol. The van der Waals surface area contributed by atoms with Crippen molar-refractivity contribution in [1.82, 2.24) is 0 Å². The van der Waals surface area contributed by atoms with Crippen LogP contribution in [0.4, 0.5) is 0 Å². The minimum absolute atomic E-state index is 0.304. The predicted molar refractivity (Wildman–Crippen MR) is 133 cm³/mol. The summed E-state index contributed by atoms with van der Waals surface area (Å²) >= 11 is -0.609. The zero-order valence-electron chi connectivity index (χ0n) is 16.5. The zero-order chi connectivity index (χ0) is 20.4. The van der Waals surface area contributed by atoms with Crippen LogP contribution in [0.2, 0.25) is 0 Å². The Hall–Kier alpha value is -2.06. The third kappa shape index (κ3) is 6.22. The SMILES string of the molecule is C(=C(\[Te][Te]/C(=C/c1ccccc1)c1ccccc1)c1ccccc1)/c1ccccc1. The third-order valence-electron chi connectivity index (χ3n) is 4.53. The van der Waals surface area contributed by atoms with Crippen LogP contribution < -0.4 is 0 Å². The molecule has 0 bridgehead atoms. The van der Waals surface area contributed by atoms with E-state index in [1.165, 1.54) is 22.3 Å². The van der Waals surface area contributed by atoms with Crippen molar-refractivity contribution >= 4 is 53.5 Å². The molecule has 0 spiro atoms. The van der Waals surface area contributed by atoms with Crippen molar-refractivity contribution in [3.63, 3.8) is 0 Å². The molecule has 0 heterocycles. The quantitative estimate of drug-likeness (QED) is 0.161. The van der Waals surface area contributed by atoms with Crippen molar-refractivity contribution in [2.24, 2.45) is 0 Å². The van der Waals surface area contributed by atoms with E-state index in [-0.39, 0.29) is 34.1 Å². The van der Waals surface area contributed by atoms with Gasteiger partial charge in [0.1, 0.15) is 0 Å². The summed E-state index contributed by atoms with van der Waals surface area (Å²) < 4.78 is 3.09. The van der Waals surface area contributed by atoms with Gasteiger partial charge in [-0.3, -0.25) is 0 Å². The molecule has 2 heteroatoms. The molecule has 0 aliphatic rings. The Morgan fingerprint density at radius 2 is 0.700 bits per heavy atom. The van der Waals surface area contributed by atoms with Gasteiger partial charge in [-0.1, -0.05) is 0 Å². The molecule has 0 atom stereocenters. The minimum atomic E-state index is -0.304. The van der Waals surface area contributed by atoms with Gasteiger partial charge in [0, 0.05) is 0 Å². The Morgan fingerprint density at radius 3 is 1.03 bits per heavy atom. The Bertz CT molecular complexity index is 1010. The summed E-state index contributed by atoms with van der Waals surface area (Å²) in [6.07, 6.45) is 4.82. The van der Waals surface area contributed by atoms with Gasteiger partial charge in [0.15, 0.2) is 0 Å². The van der Waals surface area contributed by atoms with Gasteiger partial charge < -0.3 is 0 Å². The molecule has 0 unspecified atom stereocenters. The van der Waals surface area contributed by atoms with Crippen LogP contribution in [0.3, 0.4) is 0 Å². The molecule has 4 aromatic rings. The third-order valence-corrected chi connectivity index (χ3v) is 16.3. The normalized spacial score (nSPS) is 12.0. The van der Waals surface area contributed by atoms with Gasteiger partial charge in [0.05, 0.1) is 0 Å². The van der Waals surface area contributed by atoms with Gasteiger partial charge in [0.2, 0.25) is 0 Å². The van der Waals surface area contributed by atoms with E-state index in [0.29, 0.717) is 0 Å². The summed E-state index contributed by atoms with van der Waals surface area (Å²) in [5.74, 6) is 0. The Morgan fingerprint density at radius 1 is 0.400 bits per heavy atom. The van der Waals surface area contributed by atoms with Gasteiger partial charge in [-0.15, -0.1) is 0 Å². The van der Waals surface area contributed by atoms with Crippen molar-refractivity contribution < 1.29 is 0 Å². The van der Waals surface area contributed by atoms with Gasteiger partial charge >= 0.3 is 197 Å². The van der Waals surface area contributed by atoms with Crippen LogP contribution in [0.1, 0.15) is 22.3 Å². The number of hydrogen-bond donors (Lipinski definition) is 0. The van der Waals surface area contributed by atoms with E-state index in [4.69, 9.17) is 0 Å². The summed E-state index contributed by atoms with van der Waals surface area (Å²) in [6.45, 7) is 0. The summed E-state index contributed by atoms with van der Waals surface area (Å²) in [6, 6.07) is 43.3. The molecule has 0 aliphatic carbocycles. The van der Waals surface area contributed by atoms with Crippen molar-refractivity contribution in [3.05, 3.63) is 144 Å². The van der Waals surface area contributed by atoms with E-state index < -0.39 is 0 Å². The van der Waals surface area contributed by atoms with Crippen molar-refractivity contribution in [2.45, 2.75) is 0 Å². The summed E-state index contributed by atoms with van der Waals surface area (Å²) in [5.41, 5.74) is 5.34. The zero-order valence-corrected chi connectivity index (χ0v) is 21.2. The maximum absolute atomic E-state index is 2.41. The second-order valence-corrected chi connectivity index (χ2v) is 16.6. The monoisotopic (exact) mass is 618 g/mol. The van der Waals surface area contributed by atoms with E-state index in [0.717, 1.165) is 0 Å². The molecule has 0 fully saturated rings. The fourth-order valence-corrected chi connectivity index (χ4v) is 14.9. The summed E-state index contributed by atoms with van der Waals surface area (Å²) in [7, 11) is 0. The fourth-order valence-electron chi connectivity index (χ4n) is 3.01. The van der Waals surface area contributed by atoms with Crippen molar-refractivity contribution in [2.75, 3.05) is 0 Å². The van der Waals surface area contributed by atoms with Gasteiger partial charge in [-0.25, -0.2) is 0 Å².